The molecule has 0 unspecified atom stereocenters. The summed E-state index contributed by atoms with van der Waals surface area (Å²) in [4.78, 5) is 12.2. The second kappa shape index (κ2) is 8.44. The van der Waals surface area contributed by atoms with Gasteiger partial charge in [0, 0.05) is 17.2 Å². The van der Waals surface area contributed by atoms with Crippen molar-refractivity contribution < 1.29 is 19.0 Å². The summed E-state index contributed by atoms with van der Waals surface area (Å²) in [6.07, 6.45) is 3.12. The van der Waals surface area contributed by atoms with Crippen LogP contribution in [0.15, 0.2) is 36.4 Å². The van der Waals surface area contributed by atoms with Crippen molar-refractivity contribution >= 4 is 29.3 Å². The number of ether oxygens (including phenoxy) is 3. The molecule has 0 atom stereocenters. The molecule has 0 aliphatic heterocycles. The standard InChI is InChI=1S/C19H20ClNO4/c1-12-9-15(17(24-3)11-14(12)20)21-19(22)8-6-13-5-7-16(23-2)18(10-13)25-4/h5-11H,1-4H3,(H,21,22). The van der Waals surface area contributed by atoms with Crippen molar-refractivity contribution in [3.8, 4) is 17.2 Å². The van der Waals surface area contributed by atoms with Crippen molar-refractivity contribution in [1.82, 2.24) is 0 Å². The van der Waals surface area contributed by atoms with E-state index < -0.39 is 0 Å². The molecule has 0 bridgehead atoms. The Hall–Kier alpha value is -2.66. The highest BCUT2D eigenvalue weighted by atomic mass is 35.5. The number of aryl methyl sites for hydroxylation is 1. The van der Waals surface area contributed by atoms with Gasteiger partial charge in [-0.3, -0.25) is 4.79 Å². The molecule has 2 aromatic carbocycles. The van der Waals surface area contributed by atoms with Crippen molar-refractivity contribution in [3.05, 3.63) is 52.6 Å². The molecule has 0 heterocycles. The van der Waals surface area contributed by atoms with Gasteiger partial charge in [0.1, 0.15) is 5.75 Å². The third-order valence-corrected chi connectivity index (χ3v) is 3.98. The van der Waals surface area contributed by atoms with E-state index in [2.05, 4.69) is 5.32 Å². The Bertz CT molecular complexity index is 802. The van der Waals surface area contributed by atoms with Crippen LogP contribution in [0.4, 0.5) is 5.69 Å². The van der Waals surface area contributed by atoms with Crippen LogP contribution in [0, 0.1) is 6.92 Å². The number of hydrogen-bond acceptors (Lipinski definition) is 4. The Kier molecular flexibility index (Phi) is 6.31. The summed E-state index contributed by atoms with van der Waals surface area (Å²) >= 11 is 6.07. The topological polar surface area (TPSA) is 56.8 Å². The lowest BCUT2D eigenvalue weighted by Gasteiger charge is -2.11. The molecular formula is C19H20ClNO4. The molecule has 2 rings (SSSR count). The van der Waals surface area contributed by atoms with Crippen LogP contribution >= 0.6 is 11.6 Å². The van der Waals surface area contributed by atoms with Crippen LogP contribution in [0.1, 0.15) is 11.1 Å². The Morgan fingerprint density at radius 1 is 1.00 bits per heavy atom. The van der Waals surface area contributed by atoms with E-state index in [4.69, 9.17) is 25.8 Å². The fourth-order valence-electron chi connectivity index (χ4n) is 2.23. The number of carbonyl (C=O) groups excluding carboxylic acids is 1. The summed E-state index contributed by atoms with van der Waals surface area (Å²) in [5, 5.41) is 3.36. The van der Waals surface area contributed by atoms with E-state index in [-0.39, 0.29) is 5.91 Å². The van der Waals surface area contributed by atoms with E-state index in [1.807, 2.05) is 13.0 Å². The second-order valence-corrected chi connectivity index (χ2v) is 5.65. The van der Waals surface area contributed by atoms with Gasteiger partial charge in [0.2, 0.25) is 5.91 Å². The minimum atomic E-state index is -0.283. The fraction of sp³-hybridized carbons (Fsp3) is 0.211. The molecular weight excluding hydrogens is 342 g/mol. The first kappa shape index (κ1) is 18.7. The molecule has 132 valence electrons. The van der Waals surface area contributed by atoms with Crippen LogP contribution in [0.5, 0.6) is 17.2 Å². The van der Waals surface area contributed by atoms with Crippen LogP contribution in [0.25, 0.3) is 6.08 Å². The predicted molar refractivity (Wildman–Crippen MR) is 100.0 cm³/mol. The number of hydrogen-bond donors (Lipinski definition) is 1. The van der Waals surface area contributed by atoms with Gasteiger partial charge in [-0.1, -0.05) is 17.7 Å². The van der Waals surface area contributed by atoms with Gasteiger partial charge >= 0.3 is 0 Å². The quantitative estimate of drug-likeness (QED) is 0.778. The SMILES string of the molecule is COc1cc(Cl)c(C)cc1NC(=O)C=Cc1ccc(OC)c(OC)c1. The minimum Gasteiger partial charge on any atom is -0.495 e. The molecule has 0 aliphatic carbocycles. The van der Waals surface area contributed by atoms with Crippen LogP contribution in [0.3, 0.4) is 0 Å². The van der Waals surface area contributed by atoms with Crippen molar-refractivity contribution in [2.24, 2.45) is 0 Å². The van der Waals surface area contributed by atoms with E-state index in [1.54, 1.807) is 44.6 Å². The third-order valence-electron chi connectivity index (χ3n) is 3.57. The van der Waals surface area contributed by atoms with Gasteiger partial charge < -0.3 is 19.5 Å². The molecule has 25 heavy (non-hydrogen) atoms. The average Bonchev–Trinajstić information content (AvgIpc) is 2.62. The molecule has 1 amide bonds. The smallest absolute Gasteiger partial charge is 0.248 e. The Labute approximate surface area is 152 Å². The van der Waals surface area contributed by atoms with Gasteiger partial charge in [-0.25, -0.2) is 0 Å². The van der Waals surface area contributed by atoms with Crippen LogP contribution in [-0.2, 0) is 4.79 Å². The first-order valence-electron chi connectivity index (χ1n) is 7.53. The zero-order valence-corrected chi connectivity index (χ0v) is 15.3. The maximum Gasteiger partial charge on any atom is 0.248 e. The normalized spacial score (nSPS) is 10.6. The highest BCUT2D eigenvalue weighted by molar-refractivity contribution is 6.31. The maximum absolute atomic E-state index is 12.2. The number of nitrogens with one attached hydrogen (secondary N) is 1. The number of methoxy groups -OCH3 is 3. The summed E-state index contributed by atoms with van der Waals surface area (Å²) in [6, 6.07) is 8.84. The number of anilines is 1. The number of rotatable bonds is 6. The summed E-state index contributed by atoms with van der Waals surface area (Å²) < 4.78 is 15.7. The zero-order valence-electron chi connectivity index (χ0n) is 14.6. The first-order valence-corrected chi connectivity index (χ1v) is 7.91. The van der Waals surface area contributed by atoms with Crippen molar-refractivity contribution in [2.75, 3.05) is 26.6 Å². The average molecular weight is 362 g/mol. The van der Waals surface area contributed by atoms with Crippen LogP contribution < -0.4 is 19.5 Å². The summed E-state index contributed by atoms with van der Waals surface area (Å²) in [5.74, 6) is 1.45. The van der Waals surface area contributed by atoms with Crippen LogP contribution in [0.2, 0.25) is 5.02 Å². The molecule has 2 aromatic rings. The predicted octanol–water partition coefficient (Wildman–Crippen LogP) is 4.33. The van der Waals surface area contributed by atoms with Crippen molar-refractivity contribution in [2.45, 2.75) is 6.92 Å². The zero-order chi connectivity index (χ0) is 18.4. The summed E-state index contributed by atoms with van der Waals surface area (Å²) in [7, 11) is 4.66. The van der Waals surface area contributed by atoms with Crippen molar-refractivity contribution in [3.63, 3.8) is 0 Å². The van der Waals surface area contributed by atoms with Crippen LogP contribution in [-0.4, -0.2) is 27.2 Å². The van der Waals surface area contributed by atoms with E-state index >= 15 is 0 Å². The highest BCUT2D eigenvalue weighted by Crippen LogP contribution is 2.31. The number of carbonyl (C=O) groups is 1. The lowest BCUT2D eigenvalue weighted by molar-refractivity contribution is -0.111. The van der Waals surface area contributed by atoms with Gasteiger partial charge in [0.25, 0.3) is 0 Å². The molecule has 0 fully saturated rings. The number of benzene rings is 2. The van der Waals surface area contributed by atoms with Gasteiger partial charge in [-0.2, -0.15) is 0 Å². The lowest BCUT2D eigenvalue weighted by atomic mass is 10.1. The number of halogens is 1. The molecule has 1 N–H and O–H groups in total. The first-order chi connectivity index (χ1) is 12.0. The van der Waals surface area contributed by atoms with Crippen molar-refractivity contribution in [1.29, 1.82) is 0 Å². The van der Waals surface area contributed by atoms with E-state index in [9.17, 15) is 4.79 Å². The number of amides is 1. The molecule has 0 spiro atoms. The minimum absolute atomic E-state index is 0.283. The van der Waals surface area contributed by atoms with E-state index in [0.717, 1.165) is 11.1 Å². The van der Waals surface area contributed by atoms with E-state index in [0.29, 0.717) is 28.0 Å². The monoisotopic (exact) mass is 361 g/mol. The van der Waals surface area contributed by atoms with Gasteiger partial charge in [0.15, 0.2) is 11.5 Å². The Balaban J connectivity index is 2.15. The second-order valence-electron chi connectivity index (χ2n) is 5.24. The third kappa shape index (κ3) is 4.67. The summed E-state index contributed by atoms with van der Waals surface area (Å²) in [5.41, 5.74) is 2.22. The van der Waals surface area contributed by atoms with Gasteiger partial charge in [-0.15, -0.1) is 0 Å². The highest BCUT2D eigenvalue weighted by Gasteiger charge is 2.09. The fourth-order valence-corrected chi connectivity index (χ4v) is 2.39. The molecule has 0 aliphatic rings. The largest absolute Gasteiger partial charge is 0.495 e. The molecule has 0 saturated heterocycles. The molecule has 6 heteroatoms. The molecule has 0 aromatic heterocycles. The maximum atomic E-state index is 12.2. The molecule has 0 radical (unpaired) electrons. The molecule has 5 nitrogen and oxygen atoms in total. The summed E-state index contributed by atoms with van der Waals surface area (Å²) in [6.45, 7) is 1.86. The van der Waals surface area contributed by atoms with E-state index in [1.165, 1.54) is 13.2 Å². The lowest BCUT2D eigenvalue weighted by Crippen LogP contribution is -2.09. The van der Waals surface area contributed by atoms with Gasteiger partial charge in [0.05, 0.1) is 27.0 Å². The molecule has 0 saturated carbocycles. The Morgan fingerprint density at radius 3 is 2.32 bits per heavy atom. The van der Waals surface area contributed by atoms with Gasteiger partial charge in [-0.05, 0) is 42.3 Å². The Morgan fingerprint density at radius 2 is 1.68 bits per heavy atom.